The predicted octanol–water partition coefficient (Wildman–Crippen LogP) is 2.76. The summed E-state index contributed by atoms with van der Waals surface area (Å²) in [5.74, 6) is 2.62. The summed E-state index contributed by atoms with van der Waals surface area (Å²) in [6.07, 6.45) is 0. The Morgan fingerprint density at radius 2 is 1.90 bits per heavy atom. The number of ether oxygens (including phenoxy) is 1. The SMILES string of the molecule is COc1ccc(C(CO)N(C)Cc2ccc(C)o2)cc1. The number of benzene rings is 1. The fourth-order valence-corrected chi connectivity index (χ4v) is 2.25. The zero-order valence-electron chi connectivity index (χ0n) is 12.2. The van der Waals surface area contributed by atoms with Gasteiger partial charge in [0.2, 0.25) is 0 Å². The average molecular weight is 275 g/mol. The van der Waals surface area contributed by atoms with Gasteiger partial charge in [-0.25, -0.2) is 0 Å². The Kier molecular flexibility index (Phi) is 4.82. The molecular weight excluding hydrogens is 254 g/mol. The number of aryl methyl sites for hydroxylation is 1. The largest absolute Gasteiger partial charge is 0.497 e. The van der Waals surface area contributed by atoms with E-state index in [0.717, 1.165) is 22.8 Å². The first-order valence-electron chi connectivity index (χ1n) is 6.64. The predicted molar refractivity (Wildman–Crippen MR) is 77.7 cm³/mol. The molecule has 0 saturated heterocycles. The van der Waals surface area contributed by atoms with Crippen molar-refractivity contribution in [2.75, 3.05) is 20.8 Å². The van der Waals surface area contributed by atoms with E-state index in [1.54, 1.807) is 7.11 Å². The van der Waals surface area contributed by atoms with Crippen LogP contribution in [0.3, 0.4) is 0 Å². The standard InChI is InChI=1S/C16H21NO3/c1-12-4-7-15(20-12)10-17(2)16(11-18)13-5-8-14(19-3)9-6-13/h4-9,16,18H,10-11H2,1-3H3. The maximum Gasteiger partial charge on any atom is 0.118 e. The molecule has 0 radical (unpaired) electrons. The number of aliphatic hydroxyl groups excluding tert-OH is 1. The first kappa shape index (κ1) is 14.6. The number of hydrogen-bond donors (Lipinski definition) is 1. The molecule has 1 aromatic carbocycles. The molecule has 1 aromatic heterocycles. The van der Waals surface area contributed by atoms with Crippen LogP contribution in [0.4, 0.5) is 0 Å². The van der Waals surface area contributed by atoms with E-state index in [-0.39, 0.29) is 12.6 Å². The van der Waals surface area contributed by atoms with E-state index >= 15 is 0 Å². The van der Waals surface area contributed by atoms with Crippen LogP contribution in [0.25, 0.3) is 0 Å². The summed E-state index contributed by atoms with van der Waals surface area (Å²) in [6, 6.07) is 11.6. The summed E-state index contributed by atoms with van der Waals surface area (Å²) in [4.78, 5) is 2.07. The zero-order valence-corrected chi connectivity index (χ0v) is 12.2. The summed E-state index contributed by atoms with van der Waals surface area (Å²) in [5, 5.41) is 9.66. The fourth-order valence-electron chi connectivity index (χ4n) is 2.25. The van der Waals surface area contributed by atoms with Gasteiger partial charge in [-0.3, -0.25) is 4.90 Å². The van der Waals surface area contributed by atoms with Crippen LogP contribution in [0.1, 0.15) is 23.1 Å². The molecular formula is C16H21NO3. The van der Waals surface area contributed by atoms with Crippen LogP contribution in [0, 0.1) is 6.92 Å². The number of hydrogen-bond acceptors (Lipinski definition) is 4. The van der Waals surface area contributed by atoms with Gasteiger partial charge >= 0.3 is 0 Å². The Bertz CT molecular complexity index is 533. The molecule has 0 amide bonds. The van der Waals surface area contributed by atoms with Gasteiger partial charge in [0.15, 0.2) is 0 Å². The summed E-state index contributed by atoms with van der Waals surface area (Å²) in [7, 11) is 3.62. The minimum atomic E-state index is -0.0636. The highest BCUT2D eigenvalue weighted by molar-refractivity contribution is 5.29. The molecule has 0 aliphatic heterocycles. The quantitative estimate of drug-likeness (QED) is 0.880. The van der Waals surface area contributed by atoms with Gasteiger partial charge in [0.1, 0.15) is 17.3 Å². The Morgan fingerprint density at radius 1 is 1.20 bits per heavy atom. The molecule has 1 heterocycles. The average Bonchev–Trinajstić information content (AvgIpc) is 2.85. The molecule has 4 nitrogen and oxygen atoms in total. The van der Waals surface area contributed by atoms with Crippen molar-refractivity contribution in [3.8, 4) is 5.75 Å². The van der Waals surface area contributed by atoms with Crippen molar-refractivity contribution in [2.45, 2.75) is 19.5 Å². The molecule has 1 atom stereocenters. The molecule has 0 saturated carbocycles. The topological polar surface area (TPSA) is 45.8 Å². The molecule has 0 spiro atoms. The lowest BCUT2D eigenvalue weighted by molar-refractivity contribution is 0.135. The van der Waals surface area contributed by atoms with Gasteiger partial charge in [-0.15, -0.1) is 0 Å². The highest BCUT2D eigenvalue weighted by atomic mass is 16.5. The number of furan rings is 1. The van der Waals surface area contributed by atoms with Crippen molar-refractivity contribution >= 4 is 0 Å². The fraction of sp³-hybridized carbons (Fsp3) is 0.375. The highest BCUT2D eigenvalue weighted by Crippen LogP contribution is 2.23. The van der Waals surface area contributed by atoms with Crippen molar-refractivity contribution in [3.63, 3.8) is 0 Å². The molecule has 4 heteroatoms. The van der Waals surface area contributed by atoms with E-state index in [4.69, 9.17) is 9.15 Å². The van der Waals surface area contributed by atoms with Crippen LogP contribution in [-0.4, -0.2) is 30.8 Å². The van der Waals surface area contributed by atoms with Gasteiger partial charge in [0, 0.05) is 0 Å². The number of rotatable bonds is 6. The van der Waals surface area contributed by atoms with E-state index in [1.807, 2.05) is 50.4 Å². The molecule has 0 aliphatic carbocycles. The third-order valence-corrected chi connectivity index (χ3v) is 3.41. The van der Waals surface area contributed by atoms with Crippen LogP contribution in [0.2, 0.25) is 0 Å². The monoisotopic (exact) mass is 275 g/mol. The van der Waals surface area contributed by atoms with E-state index < -0.39 is 0 Å². The summed E-state index contributed by atoms with van der Waals surface area (Å²) >= 11 is 0. The lowest BCUT2D eigenvalue weighted by atomic mass is 10.1. The highest BCUT2D eigenvalue weighted by Gasteiger charge is 2.17. The second kappa shape index (κ2) is 6.59. The number of nitrogens with zero attached hydrogens (tertiary/aromatic N) is 1. The van der Waals surface area contributed by atoms with Crippen molar-refractivity contribution in [3.05, 3.63) is 53.5 Å². The van der Waals surface area contributed by atoms with Gasteiger partial charge in [0.25, 0.3) is 0 Å². The molecule has 2 aromatic rings. The van der Waals surface area contributed by atoms with Crippen molar-refractivity contribution in [1.29, 1.82) is 0 Å². The maximum absolute atomic E-state index is 9.66. The Hall–Kier alpha value is -1.78. The summed E-state index contributed by atoms with van der Waals surface area (Å²) in [5.41, 5.74) is 1.05. The minimum Gasteiger partial charge on any atom is -0.497 e. The van der Waals surface area contributed by atoms with Gasteiger partial charge in [-0.2, -0.15) is 0 Å². The normalized spacial score (nSPS) is 12.7. The molecule has 0 aliphatic rings. The van der Waals surface area contributed by atoms with Crippen LogP contribution in [0.5, 0.6) is 5.75 Å². The maximum atomic E-state index is 9.66. The van der Waals surface area contributed by atoms with Crippen molar-refractivity contribution in [1.82, 2.24) is 4.90 Å². The second-order valence-electron chi connectivity index (χ2n) is 4.90. The first-order valence-corrected chi connectivity index (χ1v) is 6.64. The molecule has 1 N–H and O–H groups in total. The van der Waals surface area contributed by atoms with Gasteiger partial charge < -0.3 is 14.3 Å². The van der Waals surface area contributed by atoms with E-state index in [9.17, 15) is 5.11 Å². The van der Waals surface area contributed by atoms with Gasteiger partial charge in [0.05, 0.1) is 26.3 Å². The van der Waals surface area contributed by atoms with Crippen LogP contribution >= 0.6 is 0 Å². The third kappa shape index (κ3) is 3.40. The Balaban J connectivity index is 2.09. The van der Waals surface area contributed by atoms with Crippen LogP contribution in [0.15, 0.2) is 40.8 Å². The second-order valence-corrected chi connectivity index (χ2v) is 4.90. The van der Waals surface area contributed by atoms with Crippen molar-refractivity contribution in [2.24, 2.45) is 0 Å². The molecule has 20 heavy (non-hydrogen) atoms. The number of likely N-dealkylation sites (N-methyl/N-ethyl adjacent to an activating group) is 1. The van der Waals surface area contributed by atoms with E-state index in [1.165, 1.54) is 0 Å². The smallest absolute Gasteiger partial charge is 0.118 e. The minimum absolute atomic E-state index is 0.0581. The lowest BCUT2D eigenvalue weighted by Crippen LogP contribution is -2.26. The molecule has 0 bridgehead atoms. The van der Waals surface area contributed by atoms with Crippen LogP contribution < -0.4 is 4.74 Å². The Labute approximate surface area is 119 Å². The third-order valence-electron chi connectivity index (χ3n) is 3.41. The van der Waals surface area contributed by atoms with Crippen LogP contribution in [-0.2, 0) is 6.54 Å². The van der Waals surface area contributed by atoms with Gasteiger partial charge in [-0.05, 0) is 43.8 Å². The van der Waals surface area contributed by atoms with Gasteiger partial charge in [-0.1, -0.05) is 12.1 Å². The first-order chi connectivity index (χ1) is 9.63. The molecule has 0 fully saturated rings. The Morgan fingerprint density at radius 3 is 2.40 bits per heavy atom. The summed E-state index contributed by atoms with van der Waals surface area (Å²) in [6.45, 7) is 2.64. The lowest BCUT2D eigenvalue weighted by Gasteiger charge is -2.26. The molecule has 2 rings (SSSR count). The zero-order chi connectivity index (χ0) is 14.5. The summed E-state index contributed by atoms with van der Waals surface area (Å²) < 4.78 is 10.7. The van der Waals surface area contributed by atoms with Crippen molar-refractivity contribution < 1.29 is 14.3 Å². The number of methoxy groups -OCH3 is 1. The molecule has 1 unspecified atom stereocenters. The van der Waals surface area contributed by atoms with E-state index in [2.05, 4.69) is 4.90 Å². The molecule has 108 valence electrons. The number of aliphatic hydroxyl groups is 1. The van der Waals surface area contributed by atoms with E-state index in [0.29, 0.717) is 6.54 Å².